The van der Waals surface area contributed by atoms with Crippen molar-refractivity contribution in [1.29, 1.82) is 0 Å². The van der Waals surface area contributed by atoms with Gasteiger partial charge in [0.1, 0.15) is 11.8 Å². The smallest absolute Gasteiger partial charge is 0.371 e. The van der Waals surface area contributed by atoms with Crippen LogP contribution in [0.2, 0.25) is 0 Å². The summed E-state index contributed by atoms with van der Waals surface area (Å²) in [5.74, 6) is -0.680. The van der Waals surface area contributed by atoms with Gasteiger partial charge in [-0.1, -0.05) is 0 Å². The van der Waals surface area contributed by atoms with Gasteiger partial charge in [-0.2, -0.15) is 11.8 Å². The lowest BCUT2D eigenvalue weighted by Gasteiger charge is -2.10. The minimum atomic E-state index is -1.19. The summed E-state index contributed by atoms with van der Waals surface area (Å²) < 4.78 is 5.04. The van der Waals surface area contributed by atoms with Gasteiger partial charge in [0.15, 0.2) is 0 Å². The number of hydrogen-bond donors (Lipinski definition) is 2. The number of carbonyl (C=O) groups is 3. The molecule has 0 saturated carbocycles. The number of urea groups is 1. The molecule has 1 aliphatic rings. The summed E-state index contributed by atoms with van der Waals surface area (Å²) in [5, 5.41) is 11.4. The number of carbonyl (C=O) groups excluding carboxylic acids is 2. The summed E-state index contributed by atoms with van der Waals surface area (Å²) in [4.78, 5) is 35.5. The van der Waals surface area contributed by atoms with E-state index in [9.17, 15) is 14.4 Å². The third kappa shape index (κ3) is 2.96. The average Bonchev–Trinajstić information content (AvgIpc) is 2.97. The van der Waals surface area contributed by atoms with E-state index in [2.05, 4.69) is 5.32 Å². The van der Waals surface area contributed by atoms with Crippen LogP contribution in [0.25, 0.3) is 0 Å². The van der Waals surface area contributed by atoms with Crippen molar-refractivity contribution < 1.29 is 23.9 Å². The molecule has 1 unspecified atom stereocenters. The first-order chi connectivity index (χ1) is 9.52. The molecule has 0 aromatic carbocycles. The number of thioether (sulfide) groups is 1. The van der Waals surface area contributed by atoms with Crippen LogP contribution in [-0.4, -0.2) is 46.0 Å². The second-order valence-corrected chi connectivity index (χ2v) is 5.26. The highest BCUT2D eigenvalue weighted by Crippen LogP contribution is 2.17. The molecule has 1 saturated heterocycles. The van der Waals surface area contributed by atoms with Gasteiger partial charge < -0.3 is 14.8 Å². The predicted octanol–water partition coefficient (Wildman–Crippen LogP) is 1.15. The molecule has 20 heavy (non-hydrogen) atoms. The molecule has 0 radical (unpaired) electrons. The van der Waals surface area contributed by atoms with Crippen LogP contribution in [-0.2, 0) is 11.3 Å². The van der Waals surface area contributed by atoms with Gasteiger partial charge in [-0.3, -0.25) is 9.69 Å². The summed E-state index contributed by atoms with van der Waals surface area (Å²) in [6, 6.07) is 1.75. The van der Waals surface area contributed by atoms with Crippen molar-refractivity contribution in [3.8, 4) is 0 Å². The van der Waals surface area contributed by atoms with Crippen LogP contribution in [0, 0.1) is 0 Å². The number of furan rings is 1. The number of imide groups is 1. The number of hydrogen-bond acceptors (Lipinski definition) is 5. The molecular weight excluding hydrogens is 284 g/mol. The maximum absolute atomic E-state index is 12.0. The topological polar surface area (TPSA) is 99.8 Å². The number of aromatic carboxylic acids is 1. The van der Waals surface area contributed by atoms with Crippen LogP contribution in [0.1, 0.15) is 22.7 Å². The summed E-state index contributed by atoms with van der Waals surface area (Å²) in [6.07, 6.45) is 2.50. The largest absolute Gasteiger partial charge is 0.475 e. The van der Waals surface area contributed by atoms with Gasteiger partial charge in [0.25, 0.3) is 5.91 Å². The van der Waals surface area contributed by atoms with Gasteiger partial charge >= 0.3 is 12.0 Å². The number of nitrogens with zero attached hydrogens (tertiary/aromatic N) is 1. The highest BCUT2D eigenvalue weighted by atomic mass is 32.2. The molecule has 0 spiro atoms. The lowest BCUT2D eigenvalue weighted by Crippen LogP contribution is -2.31. The van der Waals surface area contributed by atoms with Crippen molar-refractivity contribution in [3.63, 3.8) is 0 Å². The molecule has 7 nitrogen and oxygen atoms in total. The Labute approximate surface area is 119 Å². The first-order valence-electron chi connectivity index (χ1n) is 5.95. The molecule has 2 rings (SSSR count). The predicted molar refractivity (Wildman–Crippen MR) is 71.5 cm³/mol. The van der Waals surface area contributed by atoms with E-state index in [1.165, 1.54) is 12.1 Å². The molecular formula is C12H14N2O5S. The zero-order valence-electron chi connectivity index (χ0n) is 10.8. The van der Waals surface area contributed by atoms with Crippen LogP contribution in [0.3, 0.4) is 0 Å². The lowest BCUT2D eigenvalue weighted by molar-refractivity contribution is -0.128. The van der Waals surface area contributed by atoms with Crippen LogP contribution in [0.4, 0.5) is 4.79 Å². The maximum Gasteiger partial charge on any atom is 0.371 e. The van der Waals surface area contributed by atoms with Crippen molar-refractivity contribution in [2.75, 3.05) is 12.0 Å². The Morgan fingerprint density at radius 2 is 2.25 bits per heavy atom. The lowest BCUT2D eigenvalue weighted by atomic mass is 10.2. The summed E-state index contributed by atoms with van der Waals surface area (Å²) >= 11 is 1.60. The van der Waals surface area contributed by atoms with Gasteiger partial charge in [0, 0.05) is 0 Å². The van der Waals surface area contributed by atoms with Crippen molar-refractivity contribution in [2.45, 2.75) is 19.0 Å². The Bertz CT molecular complexity index is 542. The van der Waals surface area contributed by atoms with E-state index < -0.39 is 18.0 Å². The fourth-order valence-electron chi connectivity index (χ4n) is 1.89. The van der Waals surface area contributed by atoms with Crippen LogP contribution >= 0.6 is 11.8 Å². The molecule has 0 bridgehead atoms. The summed E-state index contributed by atoms with van der Waals surface area (Å²) in [7, 11) is 0. The molecule has 8 heteroatoms. The zero-order valence-corrected chi connectivity index (χ0v) is 11.6. The highest BCUT2D eigenvalue weighted by Gasteiger charge is 2.37. The monoisotopic (exact) mass is 298 g/mol. The van der Waals surface area contributed by atoms with E-state index >= 15 is 0 Å². The maximum atomic E-state index is 12.0. The van der Waals surface area contributed by atoms with Crippen LogP contribution in [0.5, 0.6) is 0 Å². The molecule has 1 aromatic rings. The second kappa shape index (κ2) is 6.00. The van der Waals surface area contributed by atoms with Crippen molar-refractivity contribution >= 4 is 29.7 Å². The van der Waals surface area contributed by atoms with Gasteiger partial charge in [-0.05, 0) is 30.6 Å². The third-order valence-electron chi connectivity index (χ3n) is 2.90. The molecule has 3 amide bonds. The number of carboxylic acids is 1. The fraction of sp³-hybridized carbons (Fsp3) is 0.417. The first kappa shape index (κ1) is 14.4. The minimum Gasteiger partial charge on any atom is -0.475 e. The van der Waals surface area contributed by atoms with E-state index in [-0.39, 0.29) is 24.0 Å². The fourth-order valence-corrected chi connectivity index (χ4v) is 2.36. The number of rotatable bonds is 6. The van der Waals surface area contributed by atoms with E-state index in [1.54, 1.807) is 11.8 Å². The Hall–Kier alpha value is -1.96. The molecule has 1 atom stereocenters. The Balaban J connectivity index is 2.03. The quantitative estimate of drug-likeness (QED) is 0.764. The van der Waals surface area contributed by atoms with Crippen molar-refractivity contribution in [2.24, 2.45) is 0 Å². The molecule has 1 aromatic heterocycles. The SMILES string of the molecule is CSCCC1NC(=O)N(Cc2ccc(C(=O)O)o2)C1=O. The highest BCUT2D eigenvalue weighted by molar-refractivity contribution is 7.98. The normalized spacial score (nSPS) is 18.4. The molecule has 1 aliphatic heterocycles. The minimum absolute atomic E-state index is 0.0618. The van der Waals surface area contributed by atoms with Crippen molar-refractivity contribution in [1.82, 2.24) is 10.2 Å². The molecule has 0 aliphatic carbocycles. The molecule has 1 fully saturated rings. The summed E-state index contributed by atoms with van der Waals surface area (Å²) in [6.45, 7) is -0.0618. The Kier molecular flexibility index (Phi) is 4.33. The molecule has 2 N–H and O–H groups in total. The Morgan fingerprint density at radius 1 is 1.50 bits per heavy atom. The number of carboxylic acid groups (broad SMARTS) is 1. The number of nitrogens with one attached hydrogen (secondary N) is 1. The Morgan fingerprint density at radius 3 is 2.85 bits per heavy atom. The van der Waals surface area contributed by atoms with Gasteiger partial charge in [0.05, 0.1) is 6.54 Å². The number of amides is 3. The molecule has 108 valence electrons. The average molecular weight is 298 g/mol. The first-order valence-corrected chi connectivity index (χ1v) is 7.35. The standard InChI is InChI=1S/C12H14N2O5S/c1-20-5-4-8-10(15)14(12(18)13-8)6-7-2-3-9(19-7)11(16)17/h2-3,8H,4-6H2,1H3,(H,13,18)(H,16,17). The zero-order chi connectivity index (χ0) is 14.7. The van der Waals surface area contributed by atoms with Gasteiger partial charge in [-0.15, -0.1) is 0 Å². The van der Waals surface area contributed by atoms with Gasteiger partial charge in [0.2, 0.25) is 5.76 Å². The summed E-state index contributed by atoms with van der Waals surface area (Å²) in [5.41, 5.74) is 0. The van der Waals surface area contributed by atoms with Crippen LogP contribution < -0.4 is 5.32 Å². The molecule has 2 heterocycles. The third-order valence-corrected chi connectivity index (χ3v) is 3.55. The van der Waals surface area contributed by atoms with E-state index in [1.807, 2.05) is 6.26 Å². The van der Waals surface area contributed by atoms with E-state index in [0.717, 1.165) is 10.7 Å². The van der Waals surface area contributed by atoms with Crippen molar-refractivity contribution in [3.05, 3.63) is 23.7 Å². The van der Waals surface area contributed by atoms with Crippen LogP contribution in [0.15, 0.2) is 16.5 Å². The van der Waals surface area contributed by atoms with E-state index in [4.69, 9.17) is 9.52 Å². The van der Waals surface area contributed by atoms with Gasteiger partial charge in [-0.25, -0.2) is 9.59 Å². The van der Waals surface area contributed by atoms with E-state index in [0.29, 0.717) is 6.42 Å². The second-order valence-electron chi connectivity index (χ2n) is 4.28.